The Labute approximate surface area is 207 Å². The highest BCUT2D eigenvalue weighted by atomic mass is 16.5. The van der Waals surface area contributed by atoms with Crippen molar-refractivity contribution in [3.63, 3.8) is 0 Å². The molecule has 3 aromatic rings. The number of fused-ring (bicyclic) bond motifs is 1. The highest BCUT2D eigenvalue weighted by Crippen LogP contribution is 2.32. The summed E-state index contributed by atoms with van der Waals surface area (Å²) < 4.78 is 19.2. The van der Waals surface area contributed by atoms with Gasteiger partial charge >= 0.3 is 0 Å². The Morgan fingerprint density at radius 1 is 1.09 bits per heavy atom. The number of aromatic nitrogens is 4. The van der Waals surface area contributed by atoms with E-state index < -0.39 is 0 Å². The molecule has 2 aliphatic rings. The van der Waals surface area contributed by atoms with Crippen LogP contribution >= 0.6 is 0 Å². The molecule has 1 fully saturated rings. The lowest BCUT2D eigenvalue weighted by molar-refractivity contribution is -0.0793. The molecule has 0 aliphatic carbocycles. The van der Waals surface area contributed by atoms with E-state index in [2.05, 4.69) is 48.9 Å². The molecule has 0 unspecified atom stereocenters. The van der Waals surface area contributed by atoms with E-state index in [9.17, 15) is 0 Å². The average Bonchev–Trinajstić information content (AvgIpc) is 3.03. The normalized spacial score (nSPS) is 21.9. The molecule has 5 rings (SSSR count). The van der Waals surface area contributed by atoms with E-state index in [0.717, 1.165) is 54.1 Å². The molecule has 0 N–H and O–H groups in total. The fraction of sp³-hybridized carbons (Fsp3) is 0.519. The first-order chi connectivity index (χ1) is 16.9. The molecular formula is C27H35N5O3. The molecule has 2 aliphatic heterocycles. The van der Waals surface area contributed by atoms with Gasteiger partial charge in [-0.2, -0.15) is 5.10 Å². The van der Waals surface area contributed by atoms with Crippen LogP contribution in [0.5, 0.6) is 5.88 Å². The molecule has 8 nitrogen and oxygen atoms in total. The molecule has 0 aromatic carbocycles. The first-order valence-corrected chi connectivity index (χ1v) is 12.5. The number of nitrogens with zero attached hydrogens (tertiary/aromatic N) is 5. The van der Waals surface area contributed by atoms with Crippen LogP contribution in [0.2, 0.25) is 0 Å². The van der Waals surface area contributed by atoms with Crippen LogP contribution in [0, 0.1) is 6.92 Å². The molecule has 3 aromatic heterocycles. The van der Waals surface area contributed by atoms with E-state index in [-0.39, 0.29) is 18.2 Å². The third-order valence-corrected chi connectivity index (χ3v) is 7.00. The molecule has 0 bridgehead atoms. The SMILES string of the molecule is COc1ncc(-n2nc(-c3ccnc([C@H](C)N4C[C@@H](C)O[C@@H](C)C4)c3)c3c2CCOCC3)cc1C. The van der Waals surface area contributed by atoms with Gasteiger partial charge in [0, 0.05) is 48.4 Å². The van der Waals surface area contributed by atoms with Crippen LogP contribution in [-0.4, -0.2) is 70.3 Å². The summed E-state index contributed by atoms with van der Waals surface area (Å²) in [6.45, 7) is 11.7. The number of morpholine rings is 1. The van der Waals surface area contributed by atoms with Crippen LogP contribution in [0.25, 0.3) is 16.9 Å². The van der Waals surface area contributed by atoms with Crippen LogP contribution in [0.1, 0.15) is 49.3 Å². The number of hydrogen-bond donors (Lipinski definition) is 0. The van der Waals surface area contributed by atoms with Gasteiger partial charge in [0.15, 0.2) is 0 Å². The van der Waals surface area contributed by atoms with Crippen molar-refractivity contribution in [2.24, 2.45) is 0 Å². The second-order valence-corrected chi connectivity index (χ2v) is 9.67. The second-order valence-electron chi connectivity index (χ2n) is 9.67. The molecule has 1 saturated heterocycles. The van der Waals surface area contributed by atoms with Crippen LogP contribution in [0.15, 0.2) is 30.6 Å². The number of aryl methyl sites for hydroxylation is 1. The van der Waals surface area contributed by atoms with Crippen molar-refractivity contribution < 1.29 is 14.2 Å². The van der Waals surface area contributed by atoms with Crippen molar-refractivity contribution in [2.75, 3.05) is 33.4 Å². The van der Waals surface area contributed by atoms with Crippen LogP contribution < -0.4 is 4.74 Å². The van der Waals surface area contributed by atoms with Crippen molar-refractivity contribution in [2.45, 2.75) is 58.8 Å². The van der Waals surface area contributed by atoms with Crippen molar-refractivity contribution >= 4 is 0 Å². The van der Waals surface area contributed by atoms with Crippen molar-refractivity contribution in [3.05, 3.63) is 53.1 Å². The van der Waals surface area contributed by atoms with Crippen LogP contribution in [-0.2, 0) is 22.3 Å². The Morgan fingerprint density at radius 2 is 1.86 bits per heavy atom. The maximum Gasteiger partial charge on any atom is 0.216 e. The van der Waals surface area contributed by atoms with Gasteiger partial charge in [-0.3, -0.25) is 9.88 Å². The third-order valence-electron chi connectivity index (χ3n) is 7.00. The highest BCUT2D eigenvalue weighted by molar-refractivity contribution is 5.65. The van der Waals surface area contributed by atoms with E-state index in [1.54, 1.807) is 7.11 Å². The Hall–Kier alpha value is -2.81. The van der Waals surface area contributed by atoms with E-state index >= 15 is 0 Å². The maximum atomic E-state index is 5.94. The van der Waals surface area contributed by atoms with Crippen molar-refractivity contribution in [1.29, 1.82) is 0 Å². The smallest absolute Gasteiger partial charge is 0.216 e. The standard InChI is InChI=1S/C27H35N5O3/c1-17-12-22(14-29-27(17)33-5)32-25-8-11-34-10-7-23(25)26(30-32)21-6-9-28-24(13-21)20(4)31-15-18(2)35-19(3)16-31/h6,9,12-14,18-20H,7-8,10-11,15-16H2,1-5H3/t18-,19+,20-/m0/s1. The Balaban J connectivity index is 1.53. The molecule has 0 saturated carbocycles. The van der Waals surface area contributed by atoms with E-state index in [1.165, 1.54) is 11.3 Å². The van der Waals surface area contributed by atoms with Crippen LogP contribution in [0.4, 0.5) is 0 Å². The molecule has 3 atom stereocenters. The fourth-order valence-electron chi connectivity index (χ4n) is 5.32. The maximum absolute atomic E-state index is 5.94. The van der Waals surface area contributed by atoms with Crippen molar-refractivity contribution in [3.8, 4) is 22.8 Å². The molecule has 0 spiro atoms. The third kappa shape index (κ3) is 4.83. The number of ether oxygens (including phenoxy) is 3. The lowest BCUT2D eigenvalue weighted by atomic mass is 10.0. The average molecular weight is 478 g/mol. The molecular weight excluding hydrogens is 442 g/mol. The van der Waals surface area contributed by atoms with Crippen LogP contribution in [0.3, 0.4) is 0 Å². The van der Waals surface area contributed by atoms with Gasteiger partial charge in [-0.1, -0.05) is 0 Å². The molecule has 186 valence electrons. The van der Waals surface area contributed by atoms with Gasteiger partial charge in [0.2, 0.25) is 5.88 Å². The van der Waals surface area contributed by atoms with Gasteiger partial charge in [-0.25, -0.2) is 9.67 Å². The summed E-state index contributed by atoms with van der Waals surface area (Å²) in [6, 6.07) is 6.54. The molecule has 0 radical (unpaired) electrons. The summed E-state index contributed by atoms with van der Waals surface area (Å²) in [6.07, 6.45) is 5.82. The molecule has 8 heteroatoms. The fourth-order valence-corrected chi connectivity index (χ4v) is 5.32. The first-order valence-electron chi connectivity index (χ1n) is 12.5. The lowest BCUT2D eigenvalue weighted by Gasteiger charge is -2.38. The number of rotatable bonds is 5. The first kappa shape index (κ1) is 23.9. The minimum absolute atomic E-state index is 0.196. The van der Waals surface area contributed by atoms with Gasteiger partial charge in [-0.05, 0) is 52.3 Å². The molecule has 35 heavy (non-hydrogen) atoms. The highest BCUT2D eigenvalue weighted by Gasteiger charge is 2.28. The molecule has 5 heterocycles. The zero-order chi connectivity index (χ0) is 24.5. The number of pyridine rings is 2. The topological polar surface area (TPSA) is 74.5 Å². The Kier molecular flexibility index (Phi) is 6.86. The zero-order valence-electron chi connectivity index (χ0n) is 21.3. The summed E-state index contributed by atoms with van der Waals surface area (Å²) >= 11 is 0. The summed E-state index contributed by atoms with van der Waals surface area (Å²) in [4.78, 5) is 11.7. The van der Waals surface area contributed by atoms with Gasteiger partial charge in [0.1, 0.15) is 0 Å². The summed E-state index contributed by atoms with van der Waals surface area (Å²) in [5, 5.41) is 5.13. The Morgan fingerprint density at radius 3 is 2.60 bits per heavy atom. The monoisotopic (exact) mass is 477 g/mol. The van der Waals surface area contributed by atoms with E-state index in [1.807, 2.05) is 24.0 Å². The number of hydrogen-bond acceptors (Lipinski definition) is 7. The Bertz CT molecular complexity index is 1180. The zero-order valence-corrected chi connectivity index (χ0v) is 21.3. The summed E-state index contributed by atoms with van der Waals surface area (Å²) in [7, 11) is 1.64. The quantitative estimate of drug-likeness (QED) is 0.551. The van der Waals surface area contributed by atoms with Gasteiger partial charge in [-0.15, -0.1) is 0 Å². The largest absolute Gasteiger partial charge is 0.481 e. The molecule has 0 amide bonds. The van der Waals surface area contributed by atoms with E-state index in [4.69, 9.17) is 24.3 Å². The number of methoxy groups -OCH3 is 1. The van der Waals surface area contributed by atoms with E-state index in [0.29, 0.717) is 19.1 Å². The van der Waals surface area contributed by atoms with Crippen molar-refractivity contribution in [1.82, 2.24) is 24.6 Å². The van der Waals surface area contributed by atoms with Gasteiger partial charge in [0.25, 0.3) is 0 Å². The predicted molar refractivity (Wildman–Crippen MR) is 134 cm³/mol. The second kappa shape index (κ2) is 10.0. The summed E-state index contributed by atoms with van der Waals surface area (Å²) in [5.74, 6) is 0.634. The van der Waals surface area contributed by atoms with Gasteiger partial charge in [0.05, 0.1) is 61.5 Å². The minimum Gasteiger partial charge on any atom is -0.481 e. The van der Waals surface area contributed by atoms with Gasteiger partial charge < -0.3 is 14.2 Å². The predicted octanol–water partition coefficient (Wildman–Crippen LogP) is 3.93. The lowest BCUT2D eigenvalue weighted by Crippen LogP contribution is -2.46. The minimum atomic E-state index is 0.196. The summed E-state index contributed by atoms with van der Waals surface area (Å²) in [5.41, 5.74) is 7.49.